The van der Waals surface area contributed by atoms with Crippen LogP contribution in [0.25, 0.3) is 0 Å². The first-order valence-electron chi connectivity index (χ1n) is 9.98. The summed E-state index contributed by atoms with van der Waals surface area (Å²) in [5.74, 6) is -0.708. The summed E-state index contributed by atoms with van der Waals surface area (Å²) in [7, 11) is 0. The molecule has 0 bridgehead atoms. The Hall–Kier alpha value is -3.52. The maximum absolute atomic E-state index is 13.0. The van der Waals surface area contributed by atoms with Crippen molar-refractivity contribution in [2.75, 3.05) is 5.32 Å². The van der Waals surface area contributed by atoms with E-state index in [0.717, 1.165) is 18.4 Å². The standard InChI is InChI=1S/C23H22N4O3S/c24-21(29)16-8-6-15(7-9-16)13-27(19-10-11-19)20(28)12-18-14-31-23(25-18)26-22(30)17-4-2-1-3-5-17/h1-9,14,19H,10-13H2,(H2,24,29)(H,25,26,30). The van der Waals surface area contributed by atoms with Gasteiger partial charge in [-0.15, -0.1) is 11.3 Å². The average Bonchev–Trinajstić information content (AvgIpc) is 3.53. The van der Waals surface area contributed by atoms with Crippen molar-refractivity contribution >= 4 is 34.2 Å². The number of anilines is 1. The van der Waals surface area contributed by atoms with Crippen LogP contribution in [-0.4, -0.2) is 33.6 Å². The predicted octanol–water partition coefficient (Wildman–Crippen LogP) is 3.23. The Labute approximate surface area is 183 Å². The van der Waals surface area contributed by atoms with E-state index < -0.39 is 5.91 Å². The minimum Gasteiger partial charge on any atom is -0.366 e. The molecule has 158 valence electrons. The first-order valence-corrected chi connectivity index (χ1v) is 10.9. The van der Waals surface area contributed by atoms with Crippen LogP contribution >= 0.6 is 11.3 Å². The van der Waals surface area contributed by atoms with Gasteiger partial charge in [0.15, 0.2) is 5.13 Å². The number of aromatic nitrogens is 1. The van der Waals surface area contributed by atoms with Crippen LogP contribution in [0.5, 0.6) is 0 Å². The molecule has 0 atom stereocenters. The second-order valence-corrected chi connectivity index (χ2v) is 8.31. The van der Waals surface area contributed by atoms with Gasteiger partial charge in [0.05, 0.1) is 12.1 Å². The Morgan fingerprint density at radius 1 is 1.03 bits per heavy atom. The van der Waals surface area contributed by atoms with E-state index in [-0.39, 0.29) is 24.3 Å². The Morgan fingerprint density at radius 3 is 2.39 bits per heavy atom. The SMILES string of the molecule is NC(=O)c1ccc(CN(C(=O)Cc2csc(NC(=O)c3ccccc3)n2)C2CC2)cc1. The molecule has 1 fully saturated rings. The van der Waals surface area contributed by atoms with Crippen molar-refractivity contribution in [1.82, 2.24) is 9.88 Å². The maximum Gasteiger partial charge on any atom is 0.257 e. The number of nitrogens with one attached hydrogen (secondary N) is 1. The van der Waals surface area contributed by atoms with E-state index in [2.05, 4.69) is 10.3 Å². The molecule has 0 saturated heterocycles. The number of nitrogens with two attached hydrogens (primary N) is 1. The molecule has 1 aromatic heterocycles. The fraction of sp³-hybridized carbons (Fsp3) is 0.217. The minimum atomic E-state index is -0.472. The monoisotopic (exact) mass is 434 g/mol. The summed E-state index contributed by atoms with van der Waals surface area (Å²) in [4.78, 5) is 42.7. The lowest BCUT2D eigenvalue weighted by Gasteiger charge is -2.22. The molecule has 3 amide bonds. The summed E-state index contributed by atoms with van der Waals surface area (Å²) in [6, 6.07) is 16.1. The van der Waals surface area contributed by atoms with E-state index in [0.29, 0.717) is 28.5 Å². The summed E-state index contributed by atoms with van der Waals surface area (Å²) in [5.41, 5.74) is 7.86. The Morgan fingerprint density at radius 2 is 1.74 bits per heavy atom. The molecule has 1 aliphatic carbocycles. The molecule has 2 aromatic carbocycles. The van der Waals surface area contributed by atoms with Gasteiger partial charge in [0.2, 0.25) is 11.8 Å². The van der Waals surface area contributed by atoms with E-state index >= 15 is 0 Å². The van der Waals surface area contributed by atoms with Crippen molar-refractivity contribution in [2.24, 2.45) is 5.73 Å². The topological polar surface area (TPSA) is 105 Å². The van der Waals surface area contributed by atoms with Gasteiger partial charge in [0, 0.05) is 29.1 Å². The van der Waals surface area contributed by atoms with Gasteiger partial charge in [-0.2, -0.15) is 0 Å². The van der Waals surface area contributed by atoms with Gasteiger partial charge in [-0.05, 0) is 42.7 Å². The van der Waals surface area contributed by atoms with Crippen LogP contribution < -0.4 is 11.1 Å². The molecule has 0 unspecified atom stereocenters. The van der Waals surface area contributed by atoms with Crippen molar-refractivity contribution in [1.29, 1.82) is 0 Å². The molecule has 0 aliphatic heterocycles. The highest BCUT2D eigenvalue weighted by atomic mass is 32.1. The highest BCUT2D eigenvalue weighted by molar-refractivity contribution is 7.14. The van der Waals surface area contributed by atoms with Crippen LogP contribution in [0.15, 0.2) is 60.0 Å². The van der Waals surface area contributed by atoms with E-state index in [9.17, 15) is 14.4 Å². The second kappa shape index (κ2) is 9.09. The molecule has 4 rings (SSSR count). The number of hydrogen-bond donors (Lipinski definition) is 2. The molecule has 0 spiro atoms. The fourth-order valence-electron chi connectivity index (χ4n) is 3.24. The summed E-state index contributed by atoms with van der Waals surface area (Å²) in [5, 5.41) is 5.04. The van der Waals surface area contributed by atoms with Gasteiger partial charge in [-0.25, -0.2) is 4.98 Å². The number of rotatable bonds is 8. The largest absolute Gasteiger partial charge is 0.366 e. The second-order valence-electron chi connectivity index (χ2n) is 7.45. The number of primary amides is 1. The molecular formula is C23H22N4O3S. The van der Waals surface area contributed by atoms with Crippen LogP contribution in [0.1, 0.15) is 44.8 Å². The van der Waals surface area contributed by atoms with Crippen LogP contribution in [0, 0.1) is 0 Å². The molecule has 7 nitrogen and oxygen atoms in total. The smallest absolute Gasteiger partial charge is 0.257 e. The third-order valence-corrected chi connectivity index (χ3v) is 5.85. The highest BCUT2D eigenvalue weighted by Gasteiger charge is 2.32. The molecular weight excluding hydrogens is 412 g/mol. The van der Waals surface area contributed by atoms with Gasteiger partial charge >= 0.3 is 0 Å². The zero-order chi connectivity index (χ0) is 21.8. The van der Waals surface area contributed by atoms with Gasteiger partial charge in [0.1, 0.15) is 0 Å². The summed E-state index contributed by atoms with van der Waals surface area (Å²) >= 11 is 1.30. The van der Waals surface area contributed by atoms with Crippen molar-refractivity contribution in [3.05, 3.63) is 82.4 Å². The van der Waals surface area contributed by atoms with E-state index in [1.54, 1.807) is 41.8 Å². The fourth-order valence-corrected chi connectivity index (χ4v) is 3.94. The number of nitrogens with zero attached hydrogens (tertiary/aromatic N) is 2. The normalized spacial score (nSPS) is 12.9. The lowest BCUT2D eigenvalue weighted by molar-refractivity contribution is -0.131. The third-order valence-electron chi connectivity index (χ3n) is 5.04. The van der Waals surface area contributed by atoms with Gasteiger partial charge < -0.3 is 10.6 Å². The van der Waals surface area contributed by atoms with Crippen molar-refractivity contribution in [3.63, 3.8) is 0 Å². The number of carbonyl (C=O) groups is 3. The molecule has 3 aromatic rings. The average molecular weight is 435 g/mol. The van der Waals surface area contributed by atoms with Crippen molar-refractivity contribution in [2.45, 2.75) is 31.8 Å². The quantitative estimate of drug-likeness (QED) is 0.568. The van der Waals surface area contributed by atoms with Crippen LogP contribution in [0.3, 0.4) is 0 Å². The molecule has 1 aliphatic rings. The summed E-state index contributed by atoms with van der Waals surface area (Å²) in [6.07, 6.45) is 2.15. The number of benzene rings is 2. The maximum atomic E-state index is 13.0. The number of hydrogen-bond acceptors (Lipinski definition) is 5. The lowest BCUT2D eigenvalue weighted by atomic mass is 10.1. The van der Waals surface area contributed by atoms with Crippen molar-refractivity contribution < 1.29 is 14.4 Å². The van der Waals surface area contributed by atoms with Gasteiger partial charge in [-0.3, -0.25) is 19.7 Å². The van der Waals surface area contributed by atoms with E-state index in [1.807, 2.05) is 23.1 Å². The zero-order valence-electron chi connectivity index (χ0n) is 16.8. The Balaban J connectivity index is 1.38. The summed E-state index contributed by atoms with van der Waals surface area (Å²) < 4.78 is 0. The molecule has 3 N–H and O–H groups in total. The number of amides is 3. The first-order chi connectivity index (χ1) is 15.0. The van der Waals surface area contributed by atoms with Crippen molar-refractivity contribution in [3.8, 4) is 0 Å². The summed E-state index contributed by atoms with van der Waals surface area (Å²) in [6.45, 7) is 0.476. The number of carbonyl (C=O) groups excluding carboxylic acids is 3. The van der Waals surface area contributed by atoms with Crippen LogP contribution in [0.4, 0.5) is 5.13 Å². The van der Waals surface area contributed by atoms with E-state index in [4.69, 9.17) is 5.73 Å². The molecule has 8 heteroatoms. The Bertz CT molecular complexity index is 1090. The first kappa shape index (κ1) is 20.7. The van der Waals surface area contributed by atoms with Gasteiger partial charge in [0.25, 0.3) is 5.91 Å². The molecule has 31 heavy (non-hydrogen) atoms. The number of thiazole rings is 1. The van der Waals surface area contributed by atoms with Crippen LogP contribution in [0.2, 0.25) is 0 Å². The van der Waals surface area contributed by atoms with Gasteiger partial charge in [-0.1, -0.05) is 30.3 Å². The molecule has 1 saturated carbocycles. The highest BCUT2D eigenvalue weighted by Crippen LogP contribution is 2.29. The molecule has 0 radical (unpaired) electrons. The predicted molar refractivity (Wildman–Crippen MR) is 119 cm³/mol. The zero-order valence-corrected chi connectivity index (χ0v) is 17.6. The lowest BCUT2D eigenvalue weighted by Crippen LogP contribution is -2.33. The minimum absolute atomic E-state index is 0.00675. The Kier molecular flexibility index (Phi) is 6.08. The third kappa shape index (κ3) is 5.35. The van der Waals surface area contributed by atoms with E-state index in [1.165, 1.54) is 11.3 Å². The molecule has 1 heterocycles. The van der Waals surface area contributed by atoms with Crippen LogP contribution in [-0.2, 0) is 17.8 Å².